The molecule has 11 heteroatoms. The molecule has 0 aliphatic carbocycles. The molecular weight excluding hydrogens is 502 g/mol. The highest BCUT2D eigenvalue weighted by Gasteiger charge is 2.29. The number of aromatic nitrogens is 1. The second kappa shape index (κ2) is 13.1. The van der Waals surface area contributed by atoms with Crippen molar-refractivity contribution < 1.29 is 22.6 Å². The summed E-state index contributed by atoms with van der Waals surface area (Å²) in [5.41, 5.74) is 0.491. The van der Waals surface area contributed by atoms with Crippen molar-refractivity contribution in [1.29, 1.82) is 0 Å². The highest BCUT2D eigenvalue weighted by atomic mass is 127. The first-order valence-corrected chi connectivity index (χ1v) is 9.36. The van der Waals surface area contributed by atoms with Crippen LogP contribution in [0.4, 0.5) is 13.2 Å². The molecule has 1 unspecified atom stereocenters. The third-order valence-electron chi connectivity index (χ3n) is 4.21. The Labute approximate surface area is 186 Å². The Morgan fingerprint density at radius 1 is 1.34 bits per heavy atom. The molecule has 166 valence electrons. The number of nitrogens with one attached hydrogen (secondary N) is 2. The second-order valence-corrected chi connectivity index (χ2v) is 6.44. The van der Waals surface area contributed by atoms with Gasteiger partial charge in [0, 0.05) is 44.0 Å². The molecule has 2 rings (SSSR count). The number of alkyl halides is 3. The zero-order valence-corrected chi connectivity index (χ0v) is 19.0. The summed E-state index contributed by atoms with van der Waals surface area (Å²) >= 11 is 0. The van der Waals surface area contributed by atoms with Gasteiger partial charge in [-0.3, -0.25) is 4.90 Å². The Hall–Kier alpha value is -1.34. The minimum Gasteiger partial charge on any atom is -0.468 e. The van der Waals surface area contributed by atoms with Crippen LogP contribution in [-0.4, -0.2) is 74.1 Å². The number of rotatable bonds is 8. The maximum Gasteiger partial charge on any atom is 0.422 e. The summed E-state index contributed by atoms with van der Waals surface area (Å²) in [6, 6.07) is 3.60. The maximum atomic E-state index is 12.4. The normalized spacial score (nSPS) is 16.7. The van der Waals surface area contributed by atoms with E-state index >= 15 is 0 Å². The summed E-state index contributed by atoms with van der Waals surface area (Å²) in [4.78, 5) is 10.7. The number of halogens is 4. The van der Waals surface area contributed by atoms with Crippen LogP contribution in [0.2, 0.25) is 0 Å². The summed E-state index contributed by atoms with van der Waals surface area (Å²) in [5.74, 6) is 0.536. The van der Waals surface area contributed by atoms with Crippen molar-refractivity contribution in [3.8, 4) is 5.88 Å². The van der Waals surface area contributed by atoms with Crippen molar-refractivity contribution in [2.75, 3.05) is 46.0 Å². The molecule has 1 fully saturated rings. The van der Waals surface area contributed by atoms with E-state index in [4.69, 9.17) is 9.47 Å². The molecule has 0 bridgehead atoms. The lowest BCUT2D eigenvalue weighted by atomic mass is 10.2. The van der Waals surface area contributed by atoms with Crippen molar-refractivity contribution in [1.82, 2.24) is 20.5 Å². The number of hydrogen-bond acceptors (Lipinski definition) is 5. The van der Waals surface area contributed by atoms with Gasteiger partial charge in [0.25, 0.3) is 0 Å². The van der Waals surface area contributed by atoms with Gasteiger partial charge >= 0.3 is 6.18 Å². The molecule has 0 aromatic carbocycles. The van der Waals surface area contributed by atoms with E-state index in [1.807, 2.05) is 6.92 Å². The molecule has 1 aliphatic rings. The Kier molecular flexibility index (Phi) is 11.6. The summed E-state index contributed by atoms with van der Waals surface area (Å²) in [6.45, 7) is 7.48. The van der Waals surface area contributed by atoms with Crippen molar-refractivity contribution >= 4 is 29.9 Å². The minimum atomic E-state index is -4.41. The van der Waals surface area contributed by atoms with Crippen molar-refractivity contribution in [3.05, 3.63) is 23.9 Å². The molecule has 1 aliphatic heterocycles. The van der Waals surface area contributed by atoms with Gasteiger partial charge in [-0.05, 0) is 19.9 Å². The monoisotopic (exact) mass is 531 g/mol. The van der Waals surface area contributed by atoms with Crippen LogP contribution in [0.5, 0.6) is 5.88 Å². The van der Waals surface area contributed by atoms with Crippen LogP contribution in [0.3, 0.4) is 0 Å². The van der Waals surface area contributed by atoms with Crippen molar-refractivity contribution in [2.24, 2.45) is 4.99 Å². The van der Waals surface area contributed by atoms with Gasteiger partial charge in [-0.1, -0.05) is 6.07 Å². The summed E-state index contributed by atoms with van der Waals surface area (Å²) in [7, 11) is 0. The third kappa shape index (κ3) is 9.81. The van der Waals surface area contributed by atoms with Crippen LogP contribution in [-0.2, 0) is 11.3 Å². The SMILES string of the molecule is CCNC(=NCc1cccnc1OCC(F)(F)F)NCC(C)N1CCOCC1.I. The van der Waals surface area contributed by atoms with Gasteiger partial charge in [0.05, 0.1) is 19.8 Å². The number of morpholine rings is 1. The van der Waals surface area contributed by atoms with E-state index in [2.05, 4.69) is 32.4 Å². The molecule has 0 amide bonds. The molecule has 1 aromatic heterocycles. The van der Waals surface area contributed by atoms with Gasteiger partial charge in [0.2, 0.25) is 5.88 Å². The van der Waals surface area contributed by atoms with Crippen LogP contribution >= 0.6 is 24.0 Å². The number of guanidine groups is 1. The topological polar surface area (TPSA) is 71.0 Å². The molecule has 2 N–H and O–H groups in total. The Bertz CT molecular complexity index is 628. The molecule has 1 aromatic rings. The predicted molar refractivity (Wildman–Crippen MR) is 116 cm³/mol. The number of aliphatic imine (C=N–C) groups is 1. The van der Waals surface area contributed by atoms with E-state index in [9.17, 15) is 13.2 Å². The molecule has 2 heterocycles. The van der Waals surface area contributed by atoms with E-state index in [-0.39, 0.29) is 36.4 Å². The summed E-state index contributed by atoms with van der Waals surface area (Å²) < 4.78 is 47.4. The highest BCUT2D eigenvalue weighted by molar-refractivity contribution is 14.0. The van der Waals surface area contributed by atoms with Crippen LogP contribution < -0.4 is 15.4 Å². The molecular formula is C18H29F3IN5O2. The van der Waals surface area contributed by atoms with Gasteiger partial charge in [-0.15, -0.1) is 24.0 Å². The fraction of sp³-hybridized carbons (Fsp3) is 0.667. The number of nitrogens with zero attached hydrogens (tertiary/aromatic N) is 3. The Morgan fingerprint density at radius 3 is 2.72 bits per heavy atom. The van der Waals surface area contributed by atoms with Crippen LogP contribution in [0, 0.1) is 0 Å². The molecule has 0 radical (unpaired) electrons. The average molecular weight is 531 g/mol. The first-order valence-electron chi connectivity index (χ1n) is 9.36. The van der Waals surface area contributed by atoms with Gasteiger partial charge in [0.1, 0.15) is 0 Å². The Balaban J connectivity index is 0.00000420. The summed E-state index contributed by atoms with van der Waals surface area (Å²) in [5, 5.41) is 6.42. The largest absolute Gasteiger partial charge is 0.468 e. The Morgan fingerprint density at radius 2 is 2.07 bits per heavy atom. The number of ether oxygens (including phenoxy) is 2. The zero-order chi connectivity index (χ0) is 20.4. The van der Waals surface area contributed by atoms with Crippen molar-refractivity contribution in [2.45, 2.75) is 32.6 Å². The quantitative estimate of drug-likeness (QED) is 0.305. The first kappa shape index (κ1) is 25.7. The first-order chi connectivity index (χ1) is 13.4. The standard InChI is InChI=1S/C18H28F3N5O2.HI/c1-3-22-17(24-11-14(2)26-7-9-27-10-8-26)25-12-15-5-4-6-23-16(15)28-13-18(19,20)21;/h4-6,14H,3,7-13H2,1-2H3,(H2,22,24,25);1H. The maximum absolute atomic E-state index is 12.4. The zero-order valence-electron chi connectivity index (χ0n) is 16.7. The average Bonchev–Trinajstić information content (AvgIpc) is 2.69. The highest BCUT2D eigenvalue weighted by Crippen LogP contribution is 2.20. The van der Waals surface area contributed by atoms with E-state index in [1.165, 1.54) is 6.20 Å². The fourth-order valence-corrected chi connectivity index (χ4v) is 2.72. The molecule has 29 heavy (non-hydrogen) atoms. The van der Waals surface area contributed by atoms with E-state index < -0.39 is 12.8 Å². The molecule has 0 saturated carbocycles. The van der Waals surface area contributed by atoms with Crippen LogP contribution in [0.25, 0.3) is 0 Å². The smallest absolute Gasteiger partial charge is 0.422 e. The summed E-state index contributed by atoms with van der Waals surface area (Å²) in [6.07, 6.45) is -3.02. The fourth-order valence-electron chi connectivity index (χ4n) is 2.72. The van der Waals surface area contributed by atoms with Gasteiger partial charge in [0.15, 0.2) is 12.6 Å². The van der Waals surface area contributed by atoms with Crippen molar-refractivity contribution in [3.63, 3.8) is 0 Å². The van der Waals surface area contributed by atoms with Crippen LogP contribution in [0.15, 0.2) is 23.3 Å². The minimum absolute atomic E-state index is 0. The number of hydrogen-bond donors (Lipinski definition) is 2. The predicted octanol–water partition coefficient (Wildman–Crippen LogP) is 2.42. The van der Waals surface area contributed by atoms with Gasteiger partial charge in [-0.25, -0.2) is 9.98 Å². The third-order valence-corrected chi connectivity index (χ3v) is 4.21. The number of pyridine rings is 1. The van der Waals surface area contributed by atoms with Gasteiger partial charge < -0.3 is 20.1 Å². The molecule has 0 spiro atoms. The van der Waals surface area contributed by atoms with E-state index in [1.54, 1.807) is 12.1 Å². The lowest BCUT2D eigenvalue weighted by Gasteiger charge is -2.32. The van der Waals surface area contributed by atoms with Gasteiger partial charge in [-0.2, -0.15) is 13.2 Å². The van der Waals surface area contributed by atoms with E-state index in [0.29, 0.717) is 30.7 Å². The van der Waals surface area contributed by atoms with E-state index in [0.717, 1.165) is 26.3 Å². The second-order valence-electron chi connectivity index (χ2n) is 6.44. The lowest BCUT2D eigenvalue weighted by Crippen LogP contribution is -2.49. The molecule has 7 nitrogen and oxygen atoms in total. The van der Waals surface area contributed by atoms with Crippen LogP contribution in [0.1, 0.15) is 19.4 Å². The molecule has 1 saturated heterocycles. The lowest BCUT2D eigenvalue weighted by molar-refractivity contribution is -0.154. The molecule has 1 atom stereocenters.